The lowest BCUT2D eigenvalue weighted by Crippen LogP contribution is -2.30. The second kappa shape index (κ2) is 8.97. The third kappa shape index (κ3) is 5.06. The van der Waals surface area contributed by atoms with Crippen molar-refractivity contribution in [3.05, 3.63) is 83.7 Å². The van der Waals surface area contributed by atoms with Gasteiger partial charge in [0.2, 0.25) is 6.79 Å². The van der Waals surface area contributed by atoms with Crippen molar-refractivity contribution in [2.24, 2.45) is 0 Å². The van der Waals surface area contributed by atoms with Crippen LogP contribution in [0.4, 0.5) is 0 Å². The van der Waals surface area contributed by atoms with Crippen molar-refractivity contribution in [2.75, 3.05) is 13.8 Å². The van der Waals surface area contributed by atoms with E-state index in [-0.39, 0.29) is 6.79 Å². The minimum atomic E-state index is 0.288. The Morgan fingerprint density at radius 2 is 1.79 bits per heavy atom. The first-order chi connectivity index (χ1) is 14.2. The molecule has 1 aliphatic rings. The molecule has 2 heterocycles. The minimum absolute atomic E-state index is 0.288. The van der Waals surface area contributed by atoms with Crippen LogP contribution in [0.15, 0.2) is 66.9 Å². The number of likely N-dealkylation sites (N-methyl/N-ethyl adjacent to an activating group) is 1. The summed E-state index contributed by atoms with van der Waals surface area (Å²) >= 11 is 0. The van der Waals surface area contributed by atoms with E-state index >= 15 is 0 Å². The molecule has 0 bridgehead atoms. The van der Waals surface area contributed by atoms with Gasteiger partial charge in [-0.25, -0.2) is 0 Å². The maximum Gasteiger partial charge on any atom is 0.231 e. The van der Waals surface area contributed by atoms with Crippen molar-refractivity contribution < 1.29 is 14.2 Å². The van der Waals surface area contributed by atoms with Gasteiger partial charge in [0.1, 0.15) is 12.4 Å². The minimum Gasteiger partial charge on any atom is -0.489 e. The first-order valence-corrected chi connectivity index (χ1v) is 9.88. The molecule has 1 atom stereocenters. The van der Waals surface area contributed by atoms with Crippen LogP contribution in [-0.2, 0) is 19.6 Å². The highest BCUT2D eigenvalue weighted by Gasteiger charge is 2.14. The van der Waals surface area contributed by atoms with Crippen LogP contribution in [0.1, 0.15) is 23.7 Å². The highest BCUT2D eigenvalue weighted by atomic mass is 16.7. The molecule has 0 spiro atoms. The number of pyridine rings is 1. The third-order valence-corrected chi connectivity index (χ3v) is 5.18. The van der Waals surface area contributed by atoms with E-state index in [2.05, 4.69) is 42.1 Å². The van der Waals surface area contributed by atoms with Crippen molar-refractivity contribution >= 4 is 0 Å². The molecular weight excluding hydrogens is 364 g/mol. The van der Waals surface area contributed by atoms with Crippen LogP contribution in [0.5, 0.6) is 17.2 Å². The summed E-state index contributed by atoms with van der Waals surface area (Å²) in [5, 5.41) is 0. The molecule has 150 valence electrons. The quantitative estimate of drug-likeness (QED) is 0.568. The molecule has 0 aliphatic carbocycles. The zero-order chi connectivity index (χ0) is 20.1. The van der Waals surface area contributed by atoms with E-state index in [0.29, 0.717) is 12.6 Å². The second-order valence-electron chi connectivity index (χ2n) is 7.41. The molecule has 1 aliphatic heterocycles. The summed E-state index contributed by atoms with van der Waals surface area (Å²) in [5.41, 5.74) is 3.44. The molecule has 29 heavy (non-hydrogen) atoms. The van der Waals surface area contributed by atoms with Crippen LogP contribution in [0, 0.1) is 0 Å². The Morgan fingerprint density at radius 1 is 1.00 bits per heavy atom. The number of aromatic nitrogens is 1. The summed E-state index contributed by atoms with van der Waals surface area (Å²) in [6.07, 6.45) is 2.79. The first kappa shape index (κ1) is 19.3. The number of fused-ring (bicyclic) bond motifs is 1. The molecule has 4 rings (SSSR count). The van der Waals surface area contributed by atoms with Crippen LogP contribution in [0.25, 0.3) is 0 Å². The summed E-state index contributed by atoms with van der Waals surface area (Å²) < 4.78 is 16.7. The molecule has 1 unspecified atom stereocenters. The Morgan fingerprint density at radius 3 is 2.59 bits per heavy atom. The number of ether oxygens (including phenoxy) is 3. The van der Waals surface area contributed by atoms with Crippen molar-refractivity contribution in [1.29, 1.82) is 0 Å². The topological polar surface area (TPSA) is 43.8 Å². The van der Waals surface area contributed by atoms with E-state index in [9.17, 15) is 0 Å². The molecular formula is C24H26N2O3. The summed E-state index contributed by atoms with van der Waals surface area (Å²) in [6.45, 7) is 3.90. The first-order valence-electron chi connectivity index (χ1n) is 9.88. The SMILES string of the molecule is CC(Cc1ccccn1)N(C)Cc1ccc(OCc2ccc3c(c2)OCO3)cc1. The Kier molecular flexibility index (Phi) is 5.96. The Labute approximate surface area is 171 Å². The van der Waals surface area contributed by atoms with Crippen LogP contribution < -0.4 is 14.2 Å². The summed E-state index contributed by atoms with van der Waals surface area (Å²) in [7, 11) is 2.15. The predicted molar refractivity (Wildman–Crippen MR) is 112 cm³/mol. The van der Waals surface area contributed by atoms with Crippen molar-refractivity contribution in [3.63, 3.8) is 0 Å². The molecule has 0 fully saturated rings. The van der Waals surface area contributed by atoms with E-state index in [1.54, 1.807) is 0 Å². The number of hydrogen-bond donors (Lipinski definition) is 0. The normalized spacial score (nSPS) is 13.5. The fourth-order valence-corrected chi connectivity index (χ4v) is 3.31. The molecule has 2 aromatic carbocycles. The maximum atomic E-state index is 5.92. The summed E-state index contributed by atoms with van der Waals surface area (Å²) in [4.78, 5) is 6.77. The summed E-state index contributed by atoms with van der Waals surface area (Å²) in [5.74, 6) is 2.43. The predicted octanol–water partition coefficient (Wildman–Crippen LogP) is 4.45. The molecule has 5 nitrogen and oxygen atoms in total. The maximum absolute atomic E-state index is 5.92. The fraction of sp³-hybridized carbons (Fsp3) is 0.292. The molecule has 0 saturated heterocycles. The monoisotopic (exact) mass is 390 g/mol. The molecule has 0 amide bonds. The van der Waals surface area contributed by atoms with Crippen molar-refractivity contribution in [2.45, 2.75) is 32.5 Å². The highest BCUT2D eigenvalue weighted by molar-refractivity contribution is 5.44. The fourth-order valence-electron chi connectivity index (χ4n) is 3.31. The van der Waals surface area contributed by atoms with Crippen molar-refractivity contribution in [1.82, 2.24) is 9.88 Å². The van der Waals surface area contributed by atoms with Gasteiger partial charge in [-0.3, -0.25) is 9.88 Å². The largest absolute Gasteiger partial charge is 0.489 e. The van der Waals surface area contributed by atoms with E-state index in [0.717, 1.165) is 41.5 Å². The number of rotatable bonds is 8. The van der Waals surface area contributed by atoms with Gasteiger partial charge in [-0.15, -0.1) is 0 Å². The van der Waals surface area contributed by atoms with Gasteiger partial charge in [0.05, 0.1) is 0 Å². The number of nitrogens with zero attached hydrogens (tertiary/aromatic N) is 2. The lowest BCUT2D eigenvalue weighted by Gasteiger charge is -2.24. The van der Waals surface area contributed by atoms with Gasteiger partial charge in [0.25, 0.3) is 0 Å². The molecule has 1 aromatic heterocycles. The molecule has 0 saturated carbocycles. The van der Waals surface area contributed by atoms with Gasteiger partial charge in [-0.2, -0.15) is 0 Å². The zero-order valence-electron chi connectivity index (χ0n) is 16.9. The Balaban J connectivity index is 1.28. The molecule has 0 radical (unpaired) electrons. The van der Waals surface area contributed by atoms with Crippen LogP contribution in [0.3, 0.4) is 0 Å². The van der Waals surface area contributed by atoms with E-state index < -0.39 is 0 Å². The average molecular weight is 390 g/mol. The zero-order valence-corrected chi connectivity index (χ0v) is 16.9. The van der Waals surface area contributed by atoms with E-state index in [4.69, 9.17) is 14.2 Å². The van der Waals surface area contributed by atoms with Gasteiger partial charge in [-0.1, -0.05) is 24.3 Å². The van der Waals surface area contributed by atoms with E-state index in [1.807, 2.05) is 48.7 Å². The van der Waals surface area contributed by atoms with Crippen LogP contribution in [0.2, 0.25) is 0 Å². The summed E-state index contributed by atoms with van der Waals surface area (Å²) in [6, 6.07) is 20.7. The number of hydrogen-bond acceptors (Lipinski definition) is 5. The van der Waals surface area contributed by atoms with Crippen LogP contribution in [-0.4, -0.2) is 29.8 Å². The molecule has 3 aromatic rings. The second-order valence-corrected chi connectivity index (χ2v) is 7.41. The Bertz CT molecular complexity index is 929. The lowest BCUT2D eigenvalue weighted by atomic mass is 10.1. The number of benzene rings is 2. The highest BCUT2D eigenvalue weighted by Crippen LogP contribution is 2.32. The standard InChI is InChI=1S/C24H26N2O3/c1-18(13-21-5-3-4-12-25-21)26(2)15-19-6-9-22(10-7-19)27-16-20-8-11-23-24(14-20)29-17-28-23/h3-12,14,18H,13,15-17H2,1-2H3. The average Bonchev–Trinajstić information content (AvgIpc) is 3.22. The third-order valence-electron chi connectivity index (χ3n) is 5.18. The molecule has 5 heteroatoms. The van der Waals surface area contributed by atoms with Gasteiger partial charge in [0.15, 0.2) is 11.5 Å². The van der Waals surface area contributed by atoms with Crippen molar-refractivity contribution in [3.8, 4) is 17.2 Å². The Hall–Kier alpha value is -3.05. The smallest absolute Gasteiger partial charge is 0.231 e. The van der Waals surface area contributed by atoms with Crippen LogP contribution >= 0.6 is 0 Å². The van der Waals surface area contributed by atoms with Gasteiger partial charge in [0, 0.05) is 30.9 Å². The lowest BCUT2D eigenvalue weighted by molar-refractivity contribution is 0.174. The van der Waals surface area contributed by atoms with Gasteiger partial charge in [-0.05, 0) is 61.5 Å². The molecule has 0 N–H and O–H groups in total. The van der Waals surface area contributed by atoms with E-state index in [1.165, 1.54) is 5.56 Å². The van der Waals surface area contributed by atoms with Gasteiger partial charge < -0.3 is 14.2 Å². The van der Waals surface area contributed by atoms with Gasteiger partial charge >= 0.3 is 0 Å².